The van der Waals surface area contributed by atoms with Crippen LogP contribution in [0.25, 0.3) is 5.57 Å². The van der Waals surface area contributed by atoms with Crippen LogP contribution in [0.5, 0.6) is 0 Å². The van der Waals surface area contributed by atoms with Gasteiger partial charge in [-0.15, -0.1) is 11.3 Å². The second kappa shape index (κ2) is 7.98. The van der Waals surface area contributed by atoms with Gasteiger partial charge in [0.25, 0.3) is 0 Å². The van der Waals surface area contributed by atoms with Gasteiger partial charge in [-0.25, -0.2) is 4.79 Å². The Bertz CT molecular complexity index is 756. The van der Waals surface area contributed by atoms with E-state index in [4.69, 9.17) is 5.73 Å². The van der Waals surface area contributed by atoms with Gasteiger partial charge in [0.15, 0.2) is 0 Å². The molecule has 1 aromatic heterocycles. The molecule has 1 aromatic carbocycles. The summed E-state index contributed by atoms with van der Waals surface area (Å²) in [5, 5.41) is 4.60. The first-order valence-corrected chi connectivity index (χ1v) is 9.13. The van der Waals surface area contributed by atoms with Crippen molar-refractivity contribution in [3.05, 3.63) is 64.4 Å². The highest BCUT2D eigenvalue weighted by molar-refractivity contribution is 7.10. The molecule has 0 bridgehead atoms. The predicted molar refractivity (Wildman–Crippen MR) is 100 cm³/mol. The molecular formula is C19H21N3O2S. The van der Waals surface area contributed by atoms with Crippen LogP contribution in [0.15, 0.2) is 53.9 Å². The summed E-state index contributed by atoms with van der Waals surface area (Å²) in [6, 6.07) is 13.0. The van der Waals surface area contributed by atoms with Crippen LogP contribution in [0.3, 0.4) is 0 Å². The normalized spacial score (nSPS) is 15.4. The molecule has 0 saturated carbocycles. The molecule has 3 N–H and O–H groups in total. The molecule has 3 amide bonds. The summed E-state index contributed by atoms with van der Waals surface area (Å²) >= 11 is 1.51. The molecule has 0 fully saturated rings. The number of rotatable bonds is 5. The number of hydrogen-bond acceptors (Lipinski definition) is 3. The predicted octanol–water partition coefficient (Wildman–Crippen LogP) is 3.16. The second-order valence-corrected chi connectivity index (χ2v) is 6.95. The number of amides is 3. The number of thiophene rings is 1. The van der Waals surface area contributed by atoms with Gasteiger partial charge in [-0.3, -0.25) is 4.79 Å². The lowest BCUT2D eigenvalue weighted by molar-refractivity contribution is -0.131. The highest BCUT2D eigenvalue weighted by Gasteiger charge is 2.23. The first-order chi connectivity index (χ1) is 12.1. The van der Waals surface area contributed by atoms with Crippen molar-refractivity contribution in [2.75, 3.05) is 13.1 Å². The summed E-state index contributed by atoms with van der Waals surface area (Å²) in [4.78, 5) is 26.6. The lowest BCUT2D eigenvalue weighted by atomic mass is 9.99. The third-order valence-corrected chi connectivity index (χ3v) is 5.27. The fraction of sp³-hybridized carbons (Fsp3) is 0.263. The van der Waals surface area contributed by atoms with Crippen LogP contribution in [0.1, 0.15) is 29.3 Å². The Morgan fingerprint density at radius 2 is 2.00 bits per heavy atom. The number of nitrogens with one attached hydrogen (secondary N) is 1. The molecule has 1 atom stereocenters. The molecule has 0 saturated heterocycles. The van der Waals surface area contributed by atoms with E-state index in [1.54, 1.807) is 0 Å². The Labute approximate surface area is 151 Å². The topological polar surface area (TPSA) is 75.4 Å². The molecular weight excluding hydrogens is 334 g/mol. The number of primary amides is 1. The van der Waals surface area contributed by atoms with Gasteiger partial charge in [0.05, 0.1) is 12.5 Å². The maximum absolute atomic E-state index is 12.6. The van der Waals surface area contributed by atoms with Crippen molar-refractivity contribution in [2.24, 2.45) is 5.73 Å². The van der Waals surface area contributed by atoms with Gasteiger partial charge in [-0.05, 0) is 29.0 Å². The van der Waals surface area contributed by atoms with Crippen LogP contribution in [-0.4, -0.2) is 29.9 Å². The summed E-state index contributed by atoms with van der Waals surface area (Å²) in [6.07, 6.45) is 3.17. The zero-order chi connectivity index (χ0) is 17.6. The Morgan fingerprint density at radius 1 is 1.20 bits per heavy atom. The van der Waals surface area contributed by atoms with E-state index < -0.39 is 6.03 Å². The average Bonchev–Trinajstić information content (AvgIpc) is 3.16. The summed E-state index contributed by atoms with van der Waals surface area (Å²) < 4.78 is 0. The van der Waals surface area contributed by atoms with Crippen LogP contribution in [-0.2, 0) is 4.79 Å². The zero-order valence-electron chi connectivity index (χ0n) is 13.9. The van der Waals surface area contributed by atoms with Crippen LogP contribution in [0.4, 0.5) is 4.79 Å². The quantitative estimate of drug-likeness (QED) is 0.864. The number of urea groups is 1. The van der Waals surface area contributed by atoms with Gasteiger partial charge >= 0.3 is 6.03 Å². The van der Waals surface area contributed by atoms with Crippen LogP contribution < -0.4 is 11.1 Å². The van der Waals surface area contributed by atoms with E-state index in [-0.39, 0.29) is 18.4 Å². The van der Waals surface area contributed by atoms with Crippen LogP contribution in [0.2, 0.25) is 0 Å². The Balaban J connectivity index is 1.63. The lowest BCUT2D eigenvalue weighted by Gasteiger charge is -2.28. The van der Waals surface area contributed by atoms with Gasteiger partial charge < -0.3 is 16.0 Å². The number of benzene rings is 1. The van der Waals surface area contributed by atoms with Crippen molar-refractivity contribution in [1.82, 2.24) is 10.2 Å². The summed E-state index contributed by atoms with van der Waals surface area (Å²) in [6.45, 7) is 1.28. The highest BCUT2D eigenvalue weighted by Crippen LogP contribution is 2.25. The van der Waals surface area contributed by atoms with Crippen molar-refractivity contribution in [3.8, 4) is 0 Å². The molecule has 0 aliphatic carbocycles. The number of nitrogens with zero attached hydrogens (tertiary/aromatic N) is 1. The molecule has 2 aromatic rings. The largest absolute Gasteiger partial charge is 0.352 e. The van der Waals surface area contributed by atoms with E-state index in [0.717, 1.165) is 11.3 Å². The van der Waals surface area contributed by atoms with Crippen molar-refractivity contribution in [3.63, 3.8) is 0 Å². The maximum Gasteiger partial charge on any atom is 0.312 e. The molecule has 0 unspecified atom stereocenters. The van der Waals surface area contributed by atoms with Gasteiger partial charge in [0.2, 0.25) is 5.91 Å². The summed E-state index contributed by atoms with van der Waals surface area (Å²) in [7, 11) is 0. The smallest absolute Gasteiger partial charge is 0.312 e. The monoisotopic (exact) mass is 355 g/mol. The van der Waals surface area contributed by atoms with E-state index in [9.17, 15) is 9.59 Å². The first-order valence-electron chi connectivity index (χ1n) is 8.25. The minimum Gasteiger partial charge on any atom is -0.352 e. The van der Waals surface area contributed by atoms with E-state index in [1.165, 1.54) is 22.5 Å². The number of carbonyl (C=O) groups is 2. The third kappa shape index (κ3) is 4.48. The van der Waals surface area contributed by atoms with Gasteiger partial charge in [-0.2, -0.15) is 0 Å². The molecule has 25 heavy (non-hydrogen) atoms. The van der Waals surface area contributed by atoms with Crippen molar-refractivity contribution < 1.29 is 9.59 Å². The third-order valence-electron chi connectivity index (χ3n) is 4.29. The van der Waals surface area contributed by atoms with Crippen LogP contribution in [0, 0.1) is 0 Å². The Kier molecular flexibility index (Phi) is 5.50. The number of nitrogens with two attached hydrogens (primary N) is 1. The van der Waals surface area contributed by atoms with E-state index >= 15 is 0 Å². The minimum absolute atomic E-state index is 0.0236. The Morgan fingerprint density at radius 3 is 2.60 bits per heavy atom. The molecule has 3 rings (SSSR count). The van der Waals surface area contributed by atoms with Crippen molar-refractivity contribution in [1.29, 1.82) is 0 Å². The lowest BCUT2D eigenvalue weighted by Crippen LogP contribution is -2.39. The summed E-state index contributed by atoms with van der Waals surface area (Å²) in [5.74, 6) is 0.0236. The van der Waals surface area contributed by atoms with Crippen LogP contribution >= 0.6 is 11.3 Å². The standard InChI is InChI=1S/C19H21N3O2S/c20-19(24)21-16(17-7-4-12-25-17)13-18(23)22-10-8-15(9-11-22)14-5-2-1-3-6-14/h1-8,12,16H,9-11,13H2,(H3,20,21,24)/t16-/m0/s1. The van der Waals surface area contributed by atoms with Gasteiger partial charge in [0, 0.05) is 18.0 Å². The minimum atomic E-state index is -0.615. The molecule has 5 nitrogen and oxygen atoms in total. The molecule has 1 aliphatic heterocycles. The zero-order valence-corrected chi connectivity index (χ0v) is 14.7. The molecule has 2 heterocycles. The van der Waals surface area contributed by atoms with Gasteiger partial charge in [-0.1, -0.05) is 42.5 Å². The SMILES string of the molecule is NC(=O)N[C@@H](CC(=O)N1CC=C(c2ccccc2)CC1)c1cccs1. The number of hydrogen-bond donors (Lipinski definition) is 2. The summed E-state index contributed by atoms with van der Waals surface area (Å²) in [5.41, 5.74) is 7.74. The van der Waals surface area contributed by atoms with Crippen molar-refractivity contribution >= 4 is 28.8 Å². The molecule has 1 aliphatic rings. The second-order valence-electron chi connectivity index (χ2n) is 5.97. The molecule has 0 spiro atoms. The van der Waals surface area contributed by atoms with Gasteiger partial charge in [0.1, 0.15) is 0 Å². The fourth-order valence-corrected chi connectivity index (χ4v) is 3.78. The van der Waals surface area contributed by atoms with E-state index in [0.29, 0.717) is 13.1 Å². The van der Waals surface area contributed by atoms with Crippen molar-refractivity contribution in [2.45, 2.75) is 18.9 Å². The van der Waals surface area contributed by atoms with E-state index in [2.05, 4.69) is 23.5 Å². The molecule has 6 heteroatoms. The number of carbonyl (C=O) groups excluding carboxylic acids is 2. The highest BCUT2D eigenvalue weighted by atomic mass is 32.1. The molecule has 0 radical (unpaired) electrons. The first kappa shape index (κ1) is 17.2. The maximum atomic E-state index is 12.6. The average molecular weight is 355 g/mol. The fourth-order valence-electron chi connectivity index (χ4n) is 3.00. The molecule has 130 valence electrons. The van der Waals surface area contributed by atoms with E-state index in [1.807, 2.05) is 40.6 Å². The Hall–Kier alpha value is -2.60.